The minimum absolute atomic E-state index is 0.599. The average Bonchev–Trinajstić information content (AvgIpc) is 1.76. The molecule has 0 nitrogen and oxygen atoms in total. The van der Waals surface area contributed by atoms with Crippen molar-refractivity contribution < 1.29 is 0 Å². The van der Waals surface area contributed by atoms with Crippen LogP contribution < -0.4 is 0 Å². The zero-order valence-electron chi connectivity index (χ0n) is 9.74. The Morgan fingerprint density at radius 3 is 1.62 bits per heavy atom. The second kappa shape index (κ2) is 2.52. The van der Waals surface area contributed by atoms with E-state index in [0.29, 0.717) is 16.2 Å². The van der Waals surface area contributed by atoms with Crippen LogP contribution in [0.5, 0.6) is 0 Å². The van der Waals surface area contributed by atoms with Crippen molar-refractivity contribution in [2.75, 3.05) is 0 Å². The summed E-state index contributed by atoms with van der Waals surface area (Å²) in [6, 6.07) is 0. The van der Waals surface area contributed by atoms with Gasteiger partial charge in [0.2, 0.25) is 0 Å². The molecule has 76 valence electrons. The first-order chi connectivity index (χ1) is 5.83. The summed E-state index contributed by atoms with van der Waals surface area (Å²) < 4.78 is 0. The Kier molecular flexibility index (Phi) is 1.85. The van der Waals surface area contributed by atoms with Gasteiger partial charge in [0.1, 0.15) is 0 Å². The molecule has 2 fully saturated rings. The van der Waals surface area contributed by atoms with Crippen molar-refractivity contribution in [2.24, 2.45) is 16.2 Å². The summed E-state index contributed by atoms with van der Waals surface area (Å²) in [6.45, 7) is 9.97. The van der Waals surface area contributed by atoms with Crippen molar-refractivity contribution in [1.29, 1.82) is 0 Å². The monoisotopic (exact) mass is 180 g/mol. The quantitative estimate of drug-likeness (QED) is 0.518. The maximum atomic E-state index is 2.52. The molecule has 0 saturated heterocycles. The van der Waals surface area contributed by atoms with Gasteiger partial charge >= 0.3 is 0 Å². The SMILES string of the molecule is CC1(C)CC2(C)CCCC(C)(C1)C2. The number of hydrogen-bond donors (Lipinski definition) is 0. The normalized spacial score (nSPS) is 48.9. The van der Waals surface area contributed by atoms with Gasteiger partial charge in [0, 0.05) is 0 Å². The summed E-state index contributed by atoms with van der Waals surface area (Å²) in [6.07, 6.45) is 8.83. The van der Waals surface area contributed by atoms with E-state index in [0.717, 1.165) is 0 Å². The molecule has 0 heterocycles. The number of hydrogen-bond acceptors (Lipinski definition) is 0. The molecule has 0 heteroatoms. The molecule has 0 amide bonds. The lowest BCUT2D eigenvalue weighted by Crippen LogP contribution is -2.44. The fraction of sp³-hybridized carbons (Fsp3) is 1.00. The Labute approximate surface area is 83.1 Å². The molecule has 0 N–H and O–H groups in total. The molecule has 0 radical (unpaired) electrons. The van der Waals surface area contributed by atoms with E-state index in [4.69, 9.17) is 0 Å². The Morgan fingerprint density at radius 2 is 1.15 bits per heavy atom. The second-order valence-electron chi connectivity index (χ2n) is 7.17. The van der Waals surface area contributed by atoms with Crippen molar-refractivity contribution >= 4 is 0 Å². The fourth-order valence-corrected chi connectivity index (χ4v) is 4.82. The third kappa shape index (κ3) is 1.78. The van der Waals surface area contributed by atoms with Crippen LogP contribution in [-0.2, 0) is 0 Å². The maximum Gasteiger partial charge on any atom is -0.0316 e. The molecule has 0 spiro atoms. The molecule has 13 heavy (non-hydrogen) atoms. The third-order valence-corrected chi connectivity index (χ3v) is 4.22. The molecule has 2 unspecified atom stereocenters. The zero-order chi connectivity index (χ0) is 9.74. The van der Waals surface area contributed by atoms with Crippen LogP contribution in [0.25, 0.3) is 0 Å². The highest BCUT2D eigenvalue weighted by Gasteiger charge is 2.48. The summed E-state index contributed by atoms with van der Waals surface area (Å²) in [5.41, 5.74) is 1.95. The molecule has 2 aliphatic rings. The summed E-state index contributed by atoms with van der Waals surface area (Å²) in [5, 5.41) is 0. The summed E-state index contributed by atoms with van der Waals surface area (Å²) >= 11 is 0. The topological polar surface area (TPSA) is 0 Å². The molecule has 0 aromatic heterocycles. The van der Waals surface area contributed by atoms with Crippen LogP contribution in [0.1, 0.15) is 66.2 Å². The Morgan fingerprint density at radius 1 is 0.692 bits per heavy atom. The van der Waals surface area contributed by atoms with E-state index in [1.54, 1.807) is 0 Å². The van der Waals surface area contributed by atoms with Crippen molar-refractivity contribution in [3.05, 3.63) is 0 Å². The van der Waals surface area contributed by atoms with Gasteiger partial charge in [-0.2, -0.15) is 0 Å². The molecule has 2 atom stereocenters. The van der Waals surface area contributed by atoms with Crippen LogP contribution in [0.2, 0.25) is 0 Å². The maximum absolute atomic E-state index is 2.52. The van der Waals surface area contributed by atoms with Crippen LogP contribution in [0.3, 0.4) is 0 Å². The van der Waals surface area contributed by atoms with Gasteiger partial charge < -0.3 is 0 Å². The lowest BCUT2D eigenvalue weighted by atomic mass is 9.50. The fourth-order valence-electron chi connectivity index (χ4n) is 4.82. The third-order valence-electron chi connectivity index (χ3n) is 4.22. The Hall–Kier alpha value is 0. The second-order valence-corrected chi connectivity index (χ2v) is 7.17. The predicted octanol–water partition coefficient (Wildman–Crippen LogP) is 4.39. The smallest absolute Gasteiger partial charge is 0.0316 e. The predicted molar refractivity (Wildman–Crippen MR) is 57.7 cm³/mol. The summed E-state index contributed by atoms with van der Waals surface area (Å²) in [7, 11) is 0. The highest BCUT2D eigenvalue weighted by Crippen LogP contribution is 2.60. The largest absolute Gasteiger partial charge is 0.0599 e. The number of rotatable bonds is 0. The van der Waals surface area contributed by atoms with Crippen LogP contribution in [-0.4, -0.2) is 0 Å². The average molecular weight is 180 g/mol. The molecule has 2 saturated carbocycles. The van der Waals surface area contributed by atoms with E-state index in [2.05, 4.69) is 27.7 Å². The standard InChI is InChI=1S/C13H24/c1-11(2)8-12(3)6-5-7-13(4,9-11)10-12/h5-10H2,1-4H3. The van der Waals surface area contributed by atoms with Gasteiger partial charge in [0.05, 0.1) is 0 Å². The minimum Gasteiger partial charge on any atom is -0.0599 e. The van der Waals surface area contributed by atoms with Gasteiger partial charge in [-0.05, 0) is 48.3 Å². The van der Waals surface area contributed by atoms with E-state index in [-0.39, 0.29) is 0 Å². The van der Waals surface area contributed by atoms with Crippen molar-refractivity contribution in [3.63, 3.8) is 0 Å². The molecule has 0 aromatic rings. The lowest BCUT2D eigenvalue weighted by molar-refractivity contribution is -0.0425. The molecular weight excluding hydrogens is 156 g/mol. The highest BCUT2D eigenvalue weighted by atomic mass is 14.5. The molecule has 0 aliphatic heterocycles. The van der Waals surface area contributed by atoms with Crippen LogP contribution in [0.4, 0.5) is 0 Å². The molecule has 2 aliphatic carbocycles. The van der Waals surface area contributed by atoms with Gasteiger partial charge in [0.15, 0.2) is 0 Å². The van der Waals surface area contributed by atoms with E-state index in [9.17, 15) is 0 Å². The van der Waals surface area contributed by atoms with E-state index in [1.807, 2.05) is 0 Å². The summed E-state index contributed by atoms with van der Waals surface area (Å²) in [4.78, 5) is 0. The zero-order valence-corrected chi connectivity index (χ0v) is 9.74. The first-order valence-electron chi connectivity index (χ1n) is 5.83. The Bertz CT molecular complexity index is 188. The van der Waals surface area contributed by atoms with Gasteiger partial charge in [-0.3, -0.25) is 0 Å². The van der Waals surface area contributed by atoms with Crippen LogP contribution in [0, 0.1) is 16.2 Å². The van der Waals surface area contributed by atoms with Crippen molar-refractivity contribution in [3.8, 4) is 0 Å². The van der Waals surface area contributed by atoms with Gasteiger partial charge in [0.25, 0.3) is 0 Å². The van der Waals surface area contributed by atoms with Gasteiger partial charge in [-0.25, -0.2) is 0 Å². The van der Waals surface area contributed by atoms with Crippen molar-refractivity contribution in [2.45, 2.75) is 66.2 Å². The van der Waals surface area contributed by atoms with Crippen LogP contribution in [0.15, 0.2) is 0 Å². The minimum atomic E-state index is 0.599. The molecule has 2 rings (SSSR count). The first-order valence-corrected chi connectivity index (χ1v) is 5.83. The molecular formula is C13H24. The van der Waals surface area contributed by atoms with Crippen LogP contribution >= 0.6 is 0 Å². The Balaban J connectivity index is 2.26. The highest BCUT2D eigenvalue weighted by molar-refractivity contribution is 4.99. The molecule has 0 aromatic carbocycles. The van der Waals surface area contributed by atoms with E-state index in [1.165, 1.54) is 38.5 Å². The molecule has 2 bridgehead atoms. The van der Waals surface area contributed by atoms with E-state index >= 15 is 0 Å². The first kappa shape index (κ1) is 9.55. The van der Waals surface area contributed by atoms with E-state index < -0.39 is 0 Å². The van der Waals surface area contributed by atoms with Gasteiger partial charge in [-0.1, -0.05) is 34.1 Å². The van der Waals surface area contributed by atoms with Crippen molar-refractivity contribution in [1.82, 2.24) is 0 Å². The van der Waals surface area contributed by atoms with Gasteiger partial charge in [-0.15, -0.1) is 0 Å². The lowest BCUT2D eigenvalue weighted by Gasteiger charge is -2.55. The summed E-state index contributed by atoms with van der Waals surface area (Å²) in [5.74, 6) is 0. The number of fused-ring (bicyclic) bond motifs is 2.